The molecule has 0 heterocycles. The van der Waals surface area contributed by atoms with Gasteiger partial charge in [0.05, 0.1) is 4.90 Å². The molecule has 0 radical (unpaired) electrons. The number of nitrogens with one attached hydrogen (secondary N) is 1. The highest BCUT2D eigenvalue weighted by atomic mass is 32.2. The fourth-order valence-corrected chi connectivity index (χ4v) is 3.74. The number of carbonyl (C=O) groups excluding carboxylic acids is 1. The molecule has 152 valence electrons. The minimum atomic E-state index is -4.52. The van der Waals surface area contributed by atoms with Crippen molar-refractivity contribution < 1.29 is 26.4 Å². The monoisotopic (exact) mass is 414 g/mol. The van der Waals surface area contributed by atoms with Crippen LogP contribution in [0.15, 0.2) is 47.4 Å². The van der Waals surface area contributed by atoms with Crippen LogP contribution in [0.25, 0.3) is 0 Å². The summed E-state index contributed by atoms with van der Waals surface area (Å²) >= 11 is 0. The summed E-state index contributed by atoms with van der Waals surface area (Å²) in [6.07, 6.45) is -4.52. The molecule has 2 aromatic rings. The Balaban J connectivity index is 2.13. The average molecular weight is 414 g/mol. The largest absolute Gasteiger partial charge is 0.405 e. The number of alkyl halides is 3. The van der Waals surface area contributed by atoms with Crippen LogP contribution < -0.4 is 5.32 Å². The molecule has 5 nitrogen and oxygen atoms in total. The maximum absolute atomic E-state index is 12.7. The summed E-state index contributed by atoms with van der Waals surface area (Å²) in [5.41, 5.74) is 2.85. The summed E-state index contributed by atoms with van der Waals surface area (Å²) in [5, 5.41) is 1.74. The Morgan fingerprint density at radius 1 is 1.07 bits per heavy atom. The lowest BCUT2D eigenvalue weighted by Gasteiger charge is -2.19. The molecule has 0 saturated carbocycles. The van der Waals surface area contributed by atoms with E-state index < -0.39 is 28.7 Å². The van der Waals surface area contributed by atoms with E-state index in [2.05, 4.69) is 0 Å². The first-order valence-electron chi connectivity index (χ1n) is 8.37. The second-order valence-electron chi connectivity index (χ2n) is 6.51. The Kier molecular flexibility index (Phi) is 6.51. The van der Waals surface area contributed by atoms with E-state index in [1.165, 1.54) is 35.6 Å². The second kappa shape index (κ2) is 8.32. The number of aryl methyl sites for hydroxylation is 2. The SMILES string of the molecule is Cc1ccc(CN(C)S(=O)(=O)c2ccc(C(=O)NCC(F)(F)F)cc2)c(C)c1. The maximum atomic E-state index is 12.7. The van der Waals surface area contributed by atoms with Gasteiger partial charge in [-0.15, -0.1) is 0 Å². The highest BCUT2D eigenvalue weighted by Crippen LogP contribution is 2.20. The van der Waals surface area contributed by atoms with Crippen molar-refractivity contribution >= 4 is 15.9 Å². The van der Waals surface area contributed by atoms with Crippen molar-refractivity contribution in [2.75, 3.05) is 13.6 Å². The molecule has 0 aliphatic heterocycles. The third-order valence-electron chi connectivity index (χ3n) is 4.17. The van der Waals surface area contributed by atoms with Crippen molar-refractivity contribution in [2.24, 2.45) is 0 Å². The first kappa shape index (κ1) is 21.9. The zero-order chi connectivity index (χ0) is 21.1. The smallest absolute Gasteiger partial charge is 0.343 e. The van der Waals surface area contributed by atoms with Crippen molar-refractivity contribution in [2.45, 2.75) is 31.5 Å². The Hall–Kier alpha value is -2.39. The van der Waals surface area contributed by atoms with Crippen LogP contribution >= 0.6 is 0 Å². The van der Waals surface area contributed by atoms with Gasteiger partial charge in [-0.25, -0.2) is 8.42 Å². The molecule has 0 atom stereocenters. The van der Waals surface area contributed by atoms with Crippen LogP contribution in [0.5, 0.6) is 0 Å². The predicted molar refractivity (Wildman–Crippen MR) is 99.4 cm³/mol. The molecule has 2 rings (SSSR count). The molecule has 1 amide bonds. The molecule has 0 fully saturated rings. The Labute approximate surface area is 162 Å². The van der Waals surface area contributed by atoms with Crippen LogP contribution in [0.1, 0.15) is 27.0 Å². The van der Waals surface area contributed by atoms with Crippen molar-refractivity contribution in [3.8, 4) is 0 Å². The standard InChI is InChI=1S/C19H21F3N2O3S/c1-13-4-5-16(14(2)10-13)11-24(3)28(26,27)17-8-6-15(7-9-17)18(25)23-12-19(20,21)22/h4-10H,11-12H2,1-3H3,(H,23,25). The molecule has 0 bridgehead atoms. The molecule has 0 aromatic heterocycles. The van der Waals surface area contributed by atoms with E-state index in [1.54, 1.807) is 5.32 Å². The van der Waals surface area contributed by atoms with Gasteiger partial charge in [0, 0.05) is 19.2 Å². The van der Waals surface area contributed by atoms with Crippen molar-refractivity contribution in [3.63, 3.8) is 0 Å². The molecule has 1 N–H and O–H groups in total. The molecule has 2 aromatic carbocycles. The number of sulfonamides is 1. The van der Waals surface area contributed by atoms with Crippen molar-refractivity contribution in [3.05, 3.63) is 64.7 Å². The van der Waals surface area contributed by atoms with E-state index in [0.717, 1.165) is 16.7 Å². The number of carbonyl (C=O) groups is 1. The summed E-state index contributed by atoms with van der Waals surface area (Å²) in [4.78, 5) is 11.7. The van der Waals surface area contributed by atoms with E-state index >= 15 is 0 Å². The van der Waals surface area contributed by atoms with Crippen molar-refractivity contribution in [1.82, 2.24) is 9.62 Å². The van der Waals surface area contributed by atoms with Gasteiger partial charge in [-0.2, -0.15) is 17.5 Å². The first-order chi connectivity index (χ1) is 12.9. The van der Waals surface area contributed by atoms with E-state index in [1.807, 2.05) is 32.0 Å². The Morgan fingerprint density at radius 3 is 2.21 bits per heavy atom. The van der Waals surface area contributed by atoms with Crippen molar-refractivity contribution in [1.29, 1.82) is 0 Å². The molecule has 0 aliphatic carbocycles. The van der Waals surface area contributed by atoms with Crippen LogP contribution in [0.4, 0.5) is 13.2 Å². The highest BCUT2D eigenvalue weighted by Gasteiger charge is 2.28. The molecule has 0 aliphatic rings. The summed E-state index contributed by atoms with van der Waals surface area (Å²) in [5.74, 6) is -0.926. The summed E-state index contributed by atoms with van der Waals surface area (Å²) in [7, 11) is -2.38. The molecule has 0 unspecified atom stereocenters. The van der Waals surface area contributed by atoms with Gasteiger partial charge in [0.1, 0.15) is 6.54 Å². The lowest BCUT2D eigenvalue weighted by molar-refractivity contribution is -0.123. The highest BCUT2D eigenvalue weighted by molar-refractivity contribution is 7.89. The zero-order valence-electron chi connectivity index (χ0n) is 15.7. The fraction of sp³-hybridized carbons (Fsp3) is 0.316. The summed E-state index contributed by atoms with van der Waals surface area (Å²) < 4.78 is 63.2. The molecular weight excluding hydrogens is 393 g/mol. The van der Waals surface area contributed by atoms with E-state index in [0.29, 0.717) is 0 Å². The van der Waals surface area contributed by atoms with Crippen LogP contribution in [0, 0.1) is 13.8 Å². The third-order valence-corrected chi connectivity index (χ3v) is 5.98. The average Bonchev–Trinajstić information content (AvgIpc) is 2.61. The number of amides is 1. The van der Waals surface area contributed by atoms with Crippen LogP contribution in [0.3, 0.4) is 0 Å². The molecule has 0 spiro atoms. The van der Waals surface area contributed by atoms with Crippen LogP contribution in [-0.2, 0) is 16.6 Å². The Morgan fingerprint density at radius 2 is 1.68 bits per heavy atom. The van der Waals surface area contributed by atoms with Gasteiger partial charge >= 0.3 is 6.18 Å². The predicted octanol–water partition coefficient (Wildman–Crippen LogP) is 3.42. The van der Waals surface area contributed by atoms with E-state index in [4.69, 9.17) is 0 Å². The quantitative estimate of drug-likeness (QED) is 0.788. The van der Waals surface area contributed by atoms with Gasteiger partial charge in [0.2, 0.25) is 10.0 Å². The summed E-state index contributed by atoms with van der Waals surface area (Å²) in [6, 6.07) is 10.5. The minimum Gasteiger partial charge on any atom is -0.343 e. The maximum Gasteiger partial charge on any atom is 0.405 e. The normalized spacial score (nSPS) is 12.2. The third kappa shape index (κ3) is 5.56. The molecule has 0 saturated heterocycles. The minimum absolute atomic E-state index is 0.0489. The molecular formula is C19H21F3N2O3S. The topological polar surface area (TPSA) is 66.5 Å². The van der Waals surface area contributed by atoms with E-state index in [-0.39, 0.29) is 17.0 Å². The fourth-order valence-electron chi connectivity index (χ4n) is 2.59. The zero-order valence-corrected chi connectivity index (χ0v) is 16.5. The van der Waals surface area contributed by atoms with Crippen LogP contribution in [-0.4, -0.2) is 38.4 Å². The lowest BCUT2D eigenvalue weighted by atomic mass is 10.1. The molecule has 28 heavy (non-hydrogen) atoms. The number of halogens is 3. The number of rotatable bonds is 6. The van der Waals surface area contributed by atoms with Gasteiger partial charge in [-0.3, -0.25) is 4.79 Å². The van der Waals surface area contributed by atoms with E-state index in [9.17, 15) is 26.4 Å². The van der Waals surface area contributed by atoms with Gasteiger partial charge in [0.15, 0.2) is 0 Å². The Bertz CT molecular complexity index is 955. The van der Waals surface area contributed by atoms with Crippen LogP contribution in [0.2, 0.25) is 0 Å². The van der Waals surface area contributed by atoms with Gasteiger partial charge in [-0.1, -0.05) is 23.8 Å². The number of hydrogen-bond donors (Lipinski definition) is 1. The number of benzene rings is 2. The second-order valence-corrected chi connectivity index (χ2v) is 8.56. The summed E-state index contributed by atoms with van der Waals surface area (Å²) in [6.45, 7) is 2.56. The van der Waals surface area contributed by atoms with Gasteiger partial charge < -0.3 is 5.32 Å². The number of nitrogens with zero attached hydrogens (tertiary/aromatic N) is 1. The lowest BCUT2D eigenvalue weighted by Crippen LogP contribution is -2.33. The van der Waals surface area contributed by atoms with Gasteiger partial charge in [-0.05, 0) is 49.2 Å². The first-order valence-corrected chi connectivity index (χ1v) is 9.81. The molecule has 9 heteroatoms. The number of hydrogen-bond acceptors (Lipinski definition) is 3. The van der Waals surface area contributed by atoms with Gasteiger partial charge in [0.25, 0.3) is 5.91 Å².